The number of para-hydroxylation sites is 1. The van der Waals surface area contributed by atoms with Crippen LogP contribution in [0.2, 0.25) is 0 Å². The number of fused-ring (bicyclic) bond motifs is 1. The number of aromatic amines is 1. The Balaban J connectivity index is 1.58. The molecule has 3 N–H and O–H groups in total. The lowest BCUT2D eigenvalue weighted by Crippen LogP contribution is -2.42. The van der Waals surface area contributed by atoms with Crippen LogP contribution < -0.4 is 15.4 Å². The Labute approximate surface area is 223 Å². The molecule has 3 aromatic carbocycles. The SMILES string of the molecule is CC[C@@H](C)Oc1[nH]nc(-c2ccccc2F)c1C(=O)N[C@H]1N=C(c2ccccc2)c2cccc(F)c2NC1=O. The number of rotatable bonds is 7. The number of halogens is 2. The predicted octanol–water partition coefficient (Wildman–Crippen LogP) is 5.08. The van der Waals surface area contributed by atoms with E-state index in [1.807, 2.05) is 19.9 Å². The summed E-state index contributed by atoms with van der Waals surface area (Å²) in [6.07, 6.45) is -1.10. The number of aromatic nitrogens is 2. The normalized spacial score (nSPS) is 15.4. The van der Waals surface area contributed by atoms with Gasteiger partial charge < -0.3 is 15.4 Å². The maximum Gasteiger partial charge on any atom is 0.269 e. The van der Waals surface area contributed by atoms with Gasteiger partial charge >= 0.3 is 0 Å². The second-order valence-corrected chi connectivity index (χ2v) is 8.96. The maximum absolute atomic E-state index is 14.8. The van der Waals surface area contributed by atoms with Crippen LogP contribution in [0.3, 0.4) is 0 Å². The van der Waals surface area contributed by atoms with Crippen molar-refractivity contribution >= 4 is 23.2 Å². The summed E-state index contributed by atoms with van der Waals surface area (Å²) in [6, 6.07) is 19.2. The molecule has 2 atom stereocenters. The van der Waals surface area contributed by atoms with Gasteiger partial charge in [-0.2, -0.15) is 5.10 Å². The number of aliphatic imine (C=N–C) groups is 1. The smallest absolute Gasteiger partial charge is 0.269 e. The van der Waals surface area contributed by atoms with Crippen LogP contribution in [0.5, 0.6) is 5.88 Å². The first kappa shape index (κ1) is 25.8. The van der Waals surface area contributed by atoms with E-state index >= 15 is 0 Å². The quantitative estimate of drug-likeness (QED) is 0.310. The van der Waals surface area contributed by atoms with E-state index in [2.05, 4.69) is 25.8 Å². The van der Waals surface area contributed by atoms with Gasteiger partial charge in [0.25, 0.3) is 11.8 Å². The fourth-order valence-corrected chi connectivity index (χ4v) is 4.17. The summed E-state index contributed by atoms with van der Waals surface area (Å²) in [4.78, 5) is 31.5. The van der Waals surface area contributed by atoms with Crippen LogP contribution in [0, 0.1) is 11.6 Å². The number of anilines is 1. The minimum absolute atomic E-state index is 0.0135. The second kappa shape index (κ2) is 10.9. The number of amides is 2. The maximum atomic E-state index is 14.8. The van der Waals surface area contributed by atoms with Crippen LogP contribution in [-0.2, 0) is 4.79 Å². The lowest BCUT2D eigenvalue weighted by molar-refractivity contribution is -0.117. The van der Waals surface area contributed by atoms with Gasteiger partial charge in [0.1, 0.15) is 22.9 Å². The van der Waals surface area contributed by atoms with E-state index in [0.717, 1.165) is 0 Å². The van der Waals surface area contributed by atoms with Crippen molar-refractivity contribution in [3.63, 3.8) is 0 Å². The molecule has 8 nitrogen and oxygen atoms in total. The van der Waals surface area contributed by atoms with E-state index in [-0.39, 0.29) is 34.5 Å². The standard InChI is InChI=1S/C29H25F2N5O3/c1-3-16(2)39-29-22(25(35-36-29)18-12-7-8-14-20(18)30)27(37)34-26-28(38)33-24-19(13-9-15-21(24)31)23(32-26)17-10-5-4-6-11-17/h4-16,26H,3H2,1-2H3,(H,33,38)(H,34,37)(H,35,36)/t16-,26-/m1/s1. The fraction of sp³-hybridized carbons (Fsp3) is 0.172. The van der Waals surface area contributed by atoms with Crippen molar-refractivity contribution < 1.29 is 23.1 Å². The molecule has 5 rings (SSSR count). The molecule has 0 fully saturated rings. The highest BCUT2D eigenvalue weighted by molar-refractivity contribution is 6.20. The molecule has 0 aliphatic carbocycles. The van der Waals surface area contributed by atoms with Crippen LogP contribution in [0.15, 0.2) is 77.8 Å². The van der Waals surface area contributed by atoms with Gasteiger partial charge in [-0.25, -0.2) is 18.9 Å². The Morgan fingerprint density at radius 2 is 1.69 bits per heavy atom. The average molecular weight is 530 g/mol. The molecule has 10 heteroatoms. The number of hydrogen-bond donors (Lipinski definition) is 3. The van der Waals surface area contributed by atoms with E-state index in [4.69, 9.17) is 4.74 Å². The first-order chi connectivity index (χ1) is 18.9. The third-order valence-electron chi connectivity index (χ3n) is 6.32. The third-order valence-corrected chi connectivity index (χ3v) is 6.32. The summed E-state index contributed by atoms with van der Waals surface area (Å²) in [6.45, 7) is 3.72. The monoisotopic (exact) mass is 529 g/mol. The molecule has 1 aliphatic rings. The molecule has 0 unspecified atom stereocenters. The van der Waals surface area contributed by atoms with Crippen LogP contribution in [0.1, 0.15) is 41.8 Å². The number of benzodiazepines with no additional fused rings is 1. The molecular weight excluding hydrogens is 504 g/mol. The lowest BCUT2D eigenvalue weighted by atomic mass is 10.0. The summed E-state index contributed by atoms with van der Waals surface area (Å²) >= 11 is 0. The number of H-pyrrole nitrogens is 1. The molecule has 0 saturated carbocycles. The van der Waals surface area contributed by atoms with Gasteiger partial charge in [0.15, 0.2) is 0 Å². The van der Waals surface area contributed by atoms with Gasteiger partial charge in [-0.1, -0.05) is 61.5 Å². The number of nitrogens with zero attached hydrogens (tertiary/aromatic N) is 2. The molecule has 1 aliphatic heterocycles. The Morgan fingerprint density at radius 3 is 2.44 bits per heavy atom. The fourth-order valence-electron chi connectivity index (χ4n) is 4.17. The molecule has 198 valence electrons. The van der Waals surface area contributed by atoms with Crippen LogP contribution in [0.4, 0.5) is 14.5 Å². The zero-order chi connectivity index (χ0) is 27.5. The highest BCUT2D eigenvalue weighted by atomic mass is 19.1. The minimum atomic E-state index is -1.45. The molecule has 4 aromatic rings. The summed E-state index contributed by atoms with van der Waals surface area (Å²) in [5, 5.41) is 12.0. The summed E-state index contributed by atoms with van der Waals surface area (Å²) < 4.78 is 35.4. The number of nitrogens with one attached hydrogen (secondary N) is 3. The summed E-state index contributed by atoms with van der Waals surface area (Å²) in [5.41, 5.74) is 1.26. The van der Waals surface area contributed by atoms with E-state index in [0.29, 0.717) is 23.3 Å². The first-order valence-electron chi connectivity index (χ1n) is 12.4. The zero-order valence-electron chi connectivity index (χ0n) is 21.2. The third kappa shape index (κ3) is 5.13. The minimum Gasteiger partial charge on any atom is -0.474 e. The molecule has 2 heterocycles. The van der Waals surface area contributed by atoms with Crippen molar-refractivity contribution in [3.8, 4) is 17.1 Å². The first-order valence-corrected chi connectivity index (χ1v) is 12.4. The van der Waals surface area contributed by atoms with Crippen molar-refractivity contribution in [3.05, 3.63) is 101 Å². The molecule has 0 bridgehead atoms. The Morgan fingerprint density at radius 1 is 1.00 bits per heavy atom. The Kier molecular flexibility index (Phi) is 7.18. The van der Waals surface area contributed by atoms with Crippen LogP contribution in [0.25, 0.3) is 11.3 Å². The van der Waals surface area contributed by atoms with Crippen LogP contribution in [-0.4, -0.2) is 40.0 Å². The van der Waals surface area contributed by atoms with Crippen LogP contribution >= 0.6 is 0 Å². The van der Waals surface area contributed by atoms with Gasteiger partial charge in [-0.05, 0) is 31.5 Å². The second-order valence-electron chi connectivity index (χ2n) is 8.96. The molecule has 0 radical (unpaired) electrons. The van der Waals surface area contributed by atoms with Gasteiger partial charge in [-0.15, -0.1) is 0 Å². The van der Waals surface area contributed by atoms with Gasteiger partial charge in [0, 0.05) is 16.7 Å². The lowest BCUT2D eigenvalue weighted by Gasteiger charge is -2.16. The molecule has 0 saturated heterocycles. The average Bonchev–Trinajstić information content (AvgIpc) is 3.29. The number of carbonyl (C=O) groups excluding carboxylic acids is 2. The molecule has 0 spiro atoms. The van der Waals surface area contributed by atoms with E-state index in [9.17, 15) is 18.4 Å². The number of ether oxygens (including phenoxy) is 1. The van der Waals surface area contributed by atoms with Crippen molar-refractivity contribution in [1.82, 2.24) is 15.5 Å². The molecule has 2 amide bonds. The molecular formula is C29H25F2N5O3. The number of benzene rings is 3. The van der Waals surface area contributed by atoms with E-state index in [1.165, 1.54) is 30.3 Å². The van der Waals surface area contributed by atoms with Crippen molar-refractivity contribution in [2.45, 2.75) is 32.5 Å². The largest absolute Gasteiger partial charge is 0.474 e. The van der Waals surface area contributed by atoms with Gasteiger partial charge in [0.2, 0.25) is 12.0 Å². The highest BCUT2D eigenvalue weighted by Crippen LogP contribution is 2.32. The van der Waals surface area contributed by atoms with E-state index in [1.54, 1.807) is 36.4 Å². The Bertz CT molecular complexity index is 1570. The topological polar surface area (TPSA) is 108 Å². The summed E-state index contributed by atoms with van der Waals surface area (Å²) in [5.74, 6) is -2.73. The van der Waals surface area contributed by atoms with Gasteiger partial charge in [-0.3, -0.25) is 9.59 Å². The van der Waals surface area contributed by atoms with E-state index < -0.39 is 29.6 Å². The Hall–Kier alpha value is -4.86. The highest BCUT2D eigenvalue weighted by Gasteiger charge is 2.32. The summed E-state index contributed by atoms with van der Waals surface area (Å²) in [7, 11) is 0. The number of carbonyl (C=O) groups is 2. The molecule has 1 aromatic heterocycles. The van der Waals surface area contributed by atoms with Crippen molar-refractivity contribution in [2.75, 3.05) is 5.32 Å². The predicted molar refractivity (Wildman–Crippen MR) is 143 cm³/mol. The zero-order valence-corrected chi connectivity index (χ0v) is 21.2. The molecule has 39 heavy (non-hydrogen) atoms. The number of hydrogen-bond acceptors (Lipinski definition) is 5. The van der Waals surface area contributed by atoms with Crippen molar-refractivity contribution in [2.24, 2.45) is 4.99 Å². The van der Waals surface area contributed by atoms with Gasteiger partial charge in [0.05, 0.1) is 17.5 Å². The van der Waals surface area contributed by atoms with Crippen molar-refractivity contribution in [1.29, 1.82) is 0 Å².